The summed E-state index contributed by atoms with van der Waals surface area (Å²) in [7, 11) is 0. The minimum Gasteiger partial charge on any atom is -0.436 e. The van der Waals surface area contributed by atoms with Crippen molar-refractivity contribution in [1.29, 1.82) is 0 Å². The number of pyridine rings is 1. The van der Waals surface area contributed by atoms with Crippen LogP contribution < -0.4 is 15.0 Å². The Morgan fingerprint density at radius 1 is 1.02 bits per heavy atom. The molecule has 5 rings (SSSR count). The van der Waals surface area contributed by atoms with Crippen LogP contribution in [-0.2, 0) is 11.3 Å². The predicted molar refractivity (Wildman–Crippen MR) is 169 cm³/mol. The molecule has 2 aromatic heterocycles. The van der Waals surface area contributed by atoms with E-state index in [0.717, 1.165) is 50.1 Å². The van der Waals surface area contributed by atoms with E-state index in [1.54, 1.807) is 25.4 Å². The standard InChI is InChI=1S/C31H38Cl2FN7O3/c1-21(42)35-16-22-2-4-39(5-3-22)19-23-10-29(24-12-25(32)14-26(33)13-24)38-30(11-23)44-28-17-36-31(37-18-28)41-8-6-40(7-9-41)20-27(43)15-34/h10-14,17-18,22,27,43H,2-9,15-16,19-20H2,1H3,(H,35,42). The molecule has 0 saturated carbocycles. The number of benzene rings is 1. The van der Waals surface area contributed by atoms with Crippen LogP contribution in [0.2, 0.25) is 10.0 Å². The number of amides is 1. The SMILES string of the molecule is CC(=O)NCC1CCN(Cc2cc(Oc3cnc(N4CCN(CC(O)CF)CC4)nc3)nc(-c3cc(Cl)cc(Cl)c3)c2)CC1. The molecular weight excluding hydrogens is 608 g/mol. The quantitative estimate of drug-likeness (QED) is 0.313. The molecule has 2 saturated heterocycles. The summed E-state index contributed by atoms with van der Waals surface area (Å²) in [5, 5.41) is 13.6. The van der Waals surface area contributed by atoms with Crippen LogP contribution in [0.25, 0.3) is 11.3 Å². The molecule has 2 N–H and O–H groups in total. The average molecular weight is 647 g/mol. The number of ether oxygens (including phenoxy) is 1. The molecule has 1 atom stereocenters. The normalized spacial score (nSPS) is 17.4. The molecule has 236 valence electrons. The zero-order valence-corrected chi connectivity index (χ0v) is 26.3. The summed E-state index contributed by atoms with van der Waals surface area (Å²) < 4.78 is 18.8. The van der Waals surface area contributed by atoms with Crippen LogP contribution in [-0.4, -0.2) is 101 Å². The van der Waals surface area contributed by atoms with E-state index in [-0.39, 0.29) is 5.91 Å². The van der Waals surface area contributed by atoms with Crippen molar-refractivity contribution in [3.8, 4) is 22.9 Å². The van der Waals surface area contributed by atoms with Crippen molar-refractivity contribution in [2.45, 2.75) is 32.4 Å². The highest BCUT2D eigenvalue weighted by atomic mass is 35.5. The average Bonchev–Trinajstić information content (AvgIpc) is 3.01. The first-order valence-electron chi connectivity index (χ1n) is 14.9. The summed E-state index contributed by atoms with van der Waals surface area (Å²) in [6.45, 7) is 7.18. The minimum absolute atomic E-state index is 0.0105. The number of nitrogens with zero attached hydrogens (tertiary/aromatic N) is 6. The summed E-state index contributed by atoms with van der Waals surface area (Å²) in [6, 6.07) is 9.30. The van der Waals surface area contributed by atoms with Crippen molar-refractivity contribution in [1.82, 2.24) is 30.1 Å². The van der Waals surface area contributed by atoms with Gasteiger partial charge in [0.1, 0.15) is 6.67 Å². The van der Waals surface area contributed by atoms with Gasteiger partial charge < -0.3 is 20.1 Å². The Balaban J connectivity index is 1.27. The van der Waals surface area contributed by atoms with Crippen LogP contribution in [0.1, 0.15) is 25.3 Å². The van der Waals surface area contributed by atoms with Gasteiger partial charge in [-0.15, -0.1) is 0 Å². The summed E-state index contributed by atoms with van der Waals surface area (Å²) in [4.78, 5) is 31.6. The number of carbonyl (C=O) groups excluding carboxylic acids is 1. The highest BCUT2D eigenvalue weighted by molar-refractivity contribution is 6.35. The largest absolute Gasteiger partial charge is 0.436 e. The first-order valence-corrected chi connectivity index (χ1v) is 15.6. The Morgan fingerprint density at radius 2 is 1.70 bits per heavy atom. The zero-order valence-electron chi connectivity index (χ0n) is 24.8. The number of aromatic nitrogens is 3. The van der Waals surface area contributed by atoms with Crippen molar-refractivity contribution in [2.24, 2.45) is 5.92 Å². The van der Waals surface area contributed by atoms with E-state index < -0.39 is 12.8 Å². The molecule has 1 aromatic carbocycles. The van der Waals surface area contributed by atoms with E-state index in [1.807, 2.05) is 29.2 Å². The molecule has 13 heteroatoms. The third-order valence-corrected chi connectivity index (χ3v) is 8.35. The van der Waals surface area contributed by atoms with Crippen LogP contribution in [0.4, 0.5) is 10.3 Å². The number of likely N-dealkylation sites (tertiary alicyclic amines) is 1. The Kier molecular flexibility index (Phi) is 11.2. The second-order valence-corrected chi connectivity index (χ2v) is 12.3. The number of hydrogen-bond donors (Lipinski definition) is 2. The lowest BCUT2D eigenvalue weighted by Gasteiger charge is -2.35. The number of β-amino-alcohol motifs (C(OH)–C–C–N with tert-alkyl or cyclic N) is 1. The maximum Gasteiger partial charge on any atom is 0.225 e. The first kappa shape index (κ1) is 32.3. The summed E-state index contributed by atoms with van der Waals surface area (Å²) in [5.41, 5.74) is 2.51. The van der Waals surface area contributed by atoms with E-state index in [0.29, 0.717) is 72.0 Å². The summed E-state index contributed by atoms with van der Waals surface area (Å²) >= 11 is 12.6. The number of carbonyl (C=O) groups is 1. The lowest BCUT2D eigenvalue weighted by molar-refractivity contribution is -0.119. The van der Waals surface area contributed by atoms with Gasteiger partial charge in [-0.1, -0.05) is 23.2 Å². The van der Waals surface area contributed by atoms with E-state index >= 15 is 0 Å². The number of hydrogen-bond acceptors (Lipinski definition) is 9. The summed E-state index contributed by atoms with van der Waals surface area (Å²) in [6.07, 6.45) is 4.34. The third kappa shape index (κ3) is 9.21. The maximum absolute atomic E-state index is 12.7. The lowest BCUT2D eigenvalue weighted by atomic mass is 9.96. The van der Waals surface area contributed by atoms with Crippen molar-refractivity contribution in [2.75, 3.05) is 63.9 Å². The number of aliphatic hydroxyl groups excluding tert-OH is 1. The minimum atomic E-state index is -0.953. The van der Waals surface area contributed by atoms with Crippen LogP contribution >= 0.6 is 23.2 Å². The fraction of sp³-hybridized carbons (Fsp3) is 0.484. The van der Waals surface area contributed by atoms with Gasteiger partial charge in [-0.25, -0.2) is 19.3 Å². The molecule has 2 fully saturated rings. The second kappa shape index (κ2) is 15.3. The van der Waals surface area contributed by atoms with Gasteiger partial charge >= 0.3 is 0 Å². The molecule has 0 radical (unpaired) electrons. The molecule has 10 nitrogen and oxygen atoms in total. The zero-order chi connectivity index (χ0) is 31.1. The van der Waals surface area contributed by atoms with E-state index in [4.69, 9.17) is 32.9 Å². The molecule has 44 heavy (non-hydrogen) atoms. The van der Waals surface area contributed by atoms with Gasteiger partial charge in [0.2, 0.25) is 17.7 Å². The number of piperidine rings is 1. The highest BCUT2D eigenvalue weighted by Crippen LogP contribution is 2.31. The number of halogens is 3. The number of anilines is 1. The van der Waals surface area contributed by atoms with Crippen LogP contribution in [0.15, 0.2) is 42.7 Å². The smallest absolute Gasteiger partial charge is 0.225 e. The topological polar surface area (TPSA) is 107 Å². The van der Waals surface area contributed by atoms with Crippen LogP contribution in [0, 0.1) is 5.92 Å². The molecule has 0 bridgehead atoms. The number of rotatable bonds is 11. The van der Waals surface area contributed by atoms with Gasteiger partial charge in [-0.3, -0.25) is 14.6 Å². The Hall–Kier alpha value is -3.09. The van der Waals surface area contributed by atoms with Crippen LogP contribution in [0.5, 0.6) is 11.6 Å². The number of alkyl halides is 1. The Morgan fingerprint density at radius 3 is 2.34 bits per heavy atom. The van der Waals surface area contributed by atoms with Gasteiger partial charge in [0.05, 0.1) is 24.2 Å². The van der Waals surface area contributed by atoms with Crippen LogP contribution in [0.3, 0.4) is 0 Å². The molecule has 1 amide bonds. The van der Waals surface area contributed by atoms with Gasteiger partial charge in [-0.2, -0.15) is 0 Å². The van der Waals surface area contributed by atoms with Gasteiger partial charge in [-0.05, 0) is 61.7 Å². The molecule has 0 aliphatic carbocycles. The molecule has 3 aromatic rings. The number of nitrogens with one attached hydrogen (secondary N) is 1. The third-order valence-electron chi connectivity index (χ3n) is 7.91. The van der Waals surface area contributed by atoms with E-state index in [2.05, 4.69) is 25.1 Å². The van der Waals surface area contributed by atoms with Gasteiger partial charge in [0.15, 0.2) is 5.75 Å². The van der Waals surface area contributed by atoms with Crippen molar-refractivity contribution in [3.05, 3.63) is 58.3 Å². The van der Waals surface area contributed by atoms with E-state index in [9.17, 15) is 14.3 Å². The predicted octanol–water partition coefficient (Wildman–Crippen LogP) is 4.44. The molecular formula is C31H38Cl2FN7O3. The monoisotopic (exact) mass is 645 g/mol. The molecule has 2 aliphatic rings. The molecule has 4 heterocycles. The Bertz CT molecular complexity index is 1380. The highest BCUT2D eigenvalue weighted by Gasteiger charge is 2.22. The van der Waals surface area contributed by atoms with Crippen molar-refractivity contribution in [3.63, 3.8) is 0 Å². The first-order chi connectivity index (χ1) is 21.2. The molecule has 1 unspecified atom stereocenters. The molecule has 0 spiro atoms. The second-order valence-electron chi connectivity index (χ2n) is 11.4. The van der Waals surface area contributed by atoms with Gasteiger partial charge in [0, 0.05) is 74.4 Å². The maximum atomic E-state index is 12.7. The van der Waals surface area contributed by atoms with Crippen molar-refractivity contribution >= 4 is 35.1 Å². The fourth-order valence-corrected chi connectivity index (χ4v) is 6.10. The molecule has 2 aliphatic heterocycles. The number of piperazine rings is 1. The lowest BCUT2D eigenvalue weighted by Crippen LogP contribution is -2.49. The fourth-order valence-electron chi connectivity index (χ4n) is 5.57. The Labute approximate surface area is 267 Å². The summed E-state index contributed by atoms with van der Waals surface area (Å²) in [5.74, 6) is 1.94. The van der Waals surface area contributed by atoms with E-state index in [1.165, 1.54) is 0 Å². The van der Waals surface area contributed by atoms with Crippen molar-refractivity contribution < 1.29 is 19.0 Å². The number of aliphatic hydroxyl groups is 1. The van der Waals surface area contributed by atoms with Gasteiger partial charge in [0.25, 0.3) is 0 Å².